The van der Waals surface area contributed by atoms with Gasteiger partial charge in [-0.2, -0.15) is 0 Å². The minimum absolute atomic E-state index is 0.0830. The van der Waals surface area contributed by atoms with Crippen molar-refractivity contribution in [3.8, 4) is 0 Å². The number of allylic oxidation sites excluding steroid dienone is 1. The molecule has 0 saturated carbocycles. The smallest absolute Gasteiger partial charge is 0.246 e. The molecule has 0 aliphatic rings. The molecule has 4 N–H and O–H groups in total. The van der Waals surface area contributed by atoms with Gasteiger partial charge in [-0.1, -0.05) is 34.6 Å². The van der Waals surface area contributed by atoms with Gasteiger partial charge in [0.1, 0.15) is 0 Å². The summed E-state index contributed by atoms with van der Waals surface area (Å²) < 4.78 is 0. The maximum atomic E-state index is 11.2. The maximum absolute atomic E-state index is 11.2. The first-order chi connectivity index (χ1) is 6.15. The Kier molecular flexibility index (Phi) is 4.17. The number of amides is 1. The molecule has 82 valence electrons. The second kappa shape index (κ2) is 4.49. The average molecular weight is 198 g/mol. The largest absolute Gasteiger partial charge is 0.402 e. The first-order valence-electron chi connectivity index (χ1n) is 4.93. The molecule has 0 aliphatic carbocycles. The van der Waals surface area contributed by atoms with Gasteiger partial charge >= 0.3 is 0 Å². The highest BCUT2D eigenvalue weighted by atomic mass is 16.1. The van der Waals surface area contributed by atoms with Crippen LogP contribution < -0.4 is 11.5 Å². The van der Waals surface area contributed by atoms with Crippen LogP contribution in [-0.4, -0.2) is 5.91 Å². The van der Waals surface area contributed by atoms with E-state index in [0.29, 0.717) is 17.7 Å². The van der Waals surface area contributed by atoms with Crippen molar-refractivity contribution in [3.05, 3.63) is 11.3 Å². The van der Waals surface area contributed by atoms with E-state index in [0.717, 1.165) is 0 Å². The van der Waals surface area contributed by atoms with E-state index in [2.05, 4.69) is 20.8 Å². The van der Waals surface area contributed by atoms with Crippen LogP contribution in [-0.2, 0) is 4.79 Å². The summed E-state index contributed by atoms with van der Waals surface area (Å²) in [7, 11) is 0. The number of nitrogens with two attached hydrogens (primary N) is 2. The Morgan fingerprint density at radius 3 is 1.86 bits per heavy atom. The standard InChI is InChI=1S/C11H22N2O/c1-7(2)9(10(13)14)8(12)6-11(3,4)5/h7H,6,12H2,1-5H3,(H2,13,14). The van der Waals surface area contributed by atoms with Crippen molar-refractivity contribution < 1.29 is 4.79 Å². The van der Waals surface area contributed by atoms with E-state index < -0.39 is 5.91 Å². The number of carbonyl (C=O) groups is 1. The van der Waals surface area contributed by atoms with Crippen molar-refractivity contribution >= 4 is 5.91 Å². The lowest BCUT2D eigenvalue weighted by Gasteiger charge is -2.21. The number of rotatable bonds is 3. The highest BCUT2D eigenvalue weighted by Gasteiger charge is 2.19. The molecule has 0 atom stereocenters. The van der Waals surface area contributed by atoms with Gasteiger partial charge in [0.15, 0.2) is 0 Å². The summed E-state index contributed by atoms with van der Waals surface area (Å²) in [5.74, 6) is -0.309. The van der Waals surface area contributed by atoms with Crippen LogP contribution in [0.1, 0.15) is 41.0 Å². The number of hydrogen-bond donors (Lipinski definition) is 2. The summed E-state index contributed by atoms with van der Waals surface area (Å²) in [6, 6.07) is 0. The Labute approximate surface area is 86.5 Å². The van der Waals surface area contributed by atoms with Crippen LogP contribution in [0.3, 0.4) is 0 Å². The van der Waals surface area contributed by atoms with Gasteiger partial charge in [-0.15, -0.1) is 0 Å². The van der Waals surface area contributed by atoms with Gasteiger partial charge in [0.25, 0.3) is 0 Å². The van der Waals surface area contributed by atoms with Crippen molar-refractivity contribution in [1.82, 2.24) is 0 Å². The fraction of sp³-hybridized carbons (Fsp3) is 0.727. The number of hydrogen-bond acceptors (Lipinski definition) is 2. The molecule has 14 heavy (non-hydrogen) atoms. The van der Waals surface area contributed by atoms with Gasteiger partial charge in [-0.25, -0.2) is 0 Å². The Morgan fingerprint density at radius 2 is 1.64 bits per heavy atom. The fourth-order valence-corrected chi connectivity index (χ4v) is 1.48. The monoisotopic (exact) mass is 198 g/mol. The first kappa shape index (κ1) is 13.0. The van der Waals surface area contributed by atoms with E-state index in [1.807, 2.05) is 13.8 Å². The summed E-state index contributed by atoms with van der Waals surface area (Å²) in [5.41, 5.74) is 12.4. The molecule has 0 aromatic heterocycles. The van der Waals surface area contributed by atoms with Crippen LogP contribution in [0.4, 0.5) is 0 Å². The quantitative estimate of drug-likeness (QED) is 0.679. The summed E-state index contributed by atoms with van der Waals surface area (Å²) in [6.45, 7) is 10.1. The van der Waals surface area contributed by atoms with Crippen LogP contribution in [0.2, 0.25) is 0 Å². The maximum Gasteiger partial charge on any atom is 0.246 e. The molecule has 3 heteroatoms. The van der Waals surface area contributed by atoms with Crippen molar-refractivity contribution in [2.45, 2.75) is 41.0 Å². The topological polar surface area (TPSA) is 69.1 Å². The molecule has 0 heterocycles. The zero-order valence-corrected chi connectivity index (χ0v) is 9.85. The molecule has 0 rings (SSSR count). The third-order valence-corrected chi connectivity index (χ3v) is 1.91. The molecule has 0 saturated heterocycles. The zero-order chi connectivity index (χ0) is 11.5. The van der Waals surface area contributed by atoms with Crippen LogP contribution in [0.15, 0.2) is 11.3 Å². The highest BCUT2D eigenvalue weighted by Crippen LogP contribution is 2.25. The van der Waals surface area contributed by atoms with E-state index in [1.165, 1.54) is 0 Å². The average Bonchev–Trinajstić information content (AvgIpc) is 1.78. The minimum Gasteiger partial charge on any atom is -0.402 e. The van der Waals surface area contributed by atoms with E-state index >= 15 is 0 Å². The molecule has 3 nitrogen and oxygen atoms in total. The summed E-state index contributed by atoms with van der Waals surface area (Å²) >= 11 is 0. The van der Waals surface area contributed by atoms with Crippen molar-refractivity contribution in [2.24, 2.45) is 22.8 Å². The van der Waals surface area contributed by atoms with Crippen molar-refractivity contribution in [2.75, 3.05) is 0 Å². The predicted octanol–water partition coefficient (Wildman–Crippen LogP) is 1.78. The van der Waals surface area contributed by atoms with Gasteiger partial charge < -0.3 is 11.5 Å². The molecule has 0 bridgehead atoms. The first-order valence-corrected chi connectivity index (χ1v) is 4.93. The van der Waals surface area contributed by atoms with Crippen LogP contribution >= 0.6 is 0 Å². The lowest BCUT2D eigenvalue weighted by molar-refractivity contribution is -0.115. The Hall–Kier alpha value is -0.990. The molecule has 0 radical (unpaired) electrons. The molecule has 0 unspecified atom stereocenters. The third kappa shape index (κ3) is 4.30. The molecule has 1 amide bonds. The number of primary amides is 1. The Morgan fingerprint density at radius 1 is 1.21 bits per heavy atom. The van der Waals surface area contributed by atoms with Gasteiger partial charge in [-0.05, 0) is 17.8 Å². The normalized spacial score (nSPS) is 14.1. The van der Waals surface area contributed by atoms with Crippen LogP contribution in [0.25, 0.3) is 0 Å². The van der Waals surface area contributed by atoms with Crippen LogP contribution in [0.5, 0.6) is 0 Å². The van der Waals surface area contributed by atoms with Gasteiger partial charge in [0, 0.05) is 11.3 Å². The Balaban J connectivity index is 4.93. The fourth-order valence-electron chi connectivity index (χ4n) is 1.48. The lowest BCUT2D eigenvalue weighted by atomic mass is 9.87. The SMILES string of the molecule is CC(C)C(C(N)=O)=C(N)CC(C)(C)C. The third-order valence-electron chi connectivity index (χ3n) is 1.91. The molecular formula is C11H22N2O. The minimum atomic E-state index is -0.401. The Bertz CT molecular complexity index is 247. The molecule has 0 aliphatic heterocycles. The highest BCUT2D eigenvalue weighted by molar-refractivity contribution is 5.93. The van der Waals surface area contributed by atoms with E-state index in [4.69, 9.17) is 11.5 Å². The second-order valence-corrected chi connectivity index (χ2v) is 5.20. The predicted molar refractivity (Wildman–Crippen MR) is 59.3 cm³/mol. The molecule has 0 aromatic rings. The van der Waals surface area contributed by atoms with Gasteiger partial charge in [0.05, 0.1) is 0 Å². The van der Waals surface area contributed by atoms with Crippen molar-refractivity contribution in [1.29, 1.82) is 0 Å². The lowest BCUT2D eigenvalue weighted by Crippen LogP contribution is -2.24. The zero-order valence-electron chi connectivity index (χ0n) is 9.85. The van der Waals surface area contributed by atoms with E-state index in [9.17, 15) is 4.79 Å². The summed E-state index contributed by atoms with van der Waals surface area (Å²) in [6.07, 6.45) is 0.698. The van der Waals surface area contributed by atoms with Crippen LogP contribution in [0, 0.1) is 11.3 Å². The second-order valence-electron chi connectivity index (χ2n) is 5.20. The molecule has 0 fully saturated rings. The summed E-state index contributed by atoms with van der Waals surface area (Å²) in [4.78, 5) is 11.2. The molecule has 0 spiro atoms. The van der Waals surface area contributed by atoms with E-state index in [-0.39, 0.29) is 11.3 Å². The van der Waals surface area contributed by atoms with E-state index in [1.54, 1.807) is 0 Å². The molecule has 0 aromatic carbocycles. The molecular weight excluding hydrogens is 176 g/mol. The van der Waals surface area contributed by atoms with Gasteiger partial charge in [-0.3, -0.25) is 4.79 Å². The van der Waals surface area contributed by atoms with Gasteiger partial charge in [0.2, 0.25) is 5.91 Å². The van der Waals surface area contributed by atoms with Crippen molar-refractivity contribution in [3.63, 3.8) is 0 Å². The summed E-state index contributed by atoms with van der Waals surface area (Å²) in [5, 5.41) is 0. The number of carbonyl (C=O) groups excluding carboxylic acids is 1.